The summed E-state index contributed by atoms with van der Waals surface area (Å²) in [5.74, 6) is -0.935. The van der Waals surface area contributed by atoms with Crippen LogP contribution in [0.15, 0.2) is 29.3 Å². The molecule has 26 heavy (non-hydrogen) atoms. The van der Waals surface area contributed by atoms with E-state index in [2.05, 4.69) is 4.98 Å². The maximum absolute atomic E-state index is 12.9. The Hall–Kier alpha value is -2.74. The summed E-state index contributed by atoms with van der Waals surface area (Å²) in [4.78, 5) is 43.3. The third kappa shape index (κ3) is 3.32. The molecule has 0 aromatic carbocycles. The maximum Gasteiger partial charge on any atom is 0.345 e. The summed E-state index contributed by atoms with van der Waals surface area (Å²) in [7, 11) is 0. The average molecular weight is 359 g/mol. The van der Waals surface area contributed by atoms with Crippen molar-refractivity contribution in [2.45, 2.75) is 26.4 Å². The van der Waals surface area contributed by atoms with Crippen LogP contribution in [0, 0.1) is 0 Å². The number of morpholine rings is 1. The molecule has 3 rings (SSSR count). The lowest BCUT2D eigenvalue weighted by Crippen LogP contribution is -2.45. The molecular formula is C18H21N3O5. The van der Waals surface area contributed by atoms with Crippen LogP contribution in [-0.2, 0) is 9.47 Å². The van der Waals surface area contributed by atoms with Gasteiger partial charge in [0.1, 0.15) is 5.56 Å². The van der Waals surface area contributed by atoms with Crippen molar-refractivity contribution >= 4 is 17.5 Å². The normalized spacial score (nSPS) is 17.3. The fourth-order valence-corrected chi connectivity index (χ4v) is 2.94. The first kappa shape index (κ1) is 18.1. The number of rotatable bonds is 4. The van der Waals surface area contributed by atoms with Crippen LogP contribution in [-0.4, -0.2) is 58.6 Å². The van der Waals surface area contributed by atoms with E-state index in [4.69, 9.17) is 9.47 Å². The Labute approximate surface area is 150 Å². The van der Waals surface area contributed by atoms with Gasteiger partial charge in [-0.2, -0.15) is 0 Å². The van der Waals surface area contributed by atoms with Crippen molar-refractivity contribution in [1.82, 2.24) is 14.3 Å². The van der Waals surface area contributed by atoms with Crippen LogP contribution >= 0.6 is 0 Å². The predicted octanol–water partition coefficient (Wildman–Crippen LogP) is 1.12. The second kappa shape index (κ2) is 7.65. The van der Waals surface area contributed by atoms with Gasteiger partial charge in [0.25, 0.3) is 11.5 Å². The van der Waals surface area contributed by atoms with Crippen molar-refractivity contribution in [2.75, 3.05) is 26.3 Å². The van der Waals surface area contributed by atoms with Crippen LogP contribution < -0.4 is 5.56 Å². The number of amides is 1. The van der Waals surface area contributed by atoms with E-state index in [0.717, 1.165) is 6.42 Å². The molecule has 1 amide bonds. The van der Waals surface area contributed by atoms with Gasteiger partial charge in [-0.25, -0.2) is 9.78 Å². The van der Waals surface area contributed by atoms with Gasteiger partial charge >= 0.3 is 5.97 Å². The van der Waals surface area contributed by atoms with Gasteiger partial charge in [0.05, 0.1) is 24.9 Å². The Bertz CT molecular complexity index is 892. The molecule has 1 atom stereocenters. The molecule has 2 aromatic heterocycles. The van der Waals surface area contributed by atoms with Gasteiger partial charge in [-0.15, -0.1) is 0 Å². The quantitative estimate of drug-likeness (QED) is 0.760. The van der Waals surface area contributed by atoms with Crippen LogP contribution in [0.25, 0.3) is 5.65 Å². The monoisotopic (exact) mass is 359 g/mol. The zero-order chi connectivity index (χ0) is 18.7. The van der Waals surface area contributed by atoms with E-state index in [1.165, 1.54) is 16.8 Å². The summed E-state index contributed by atoms with van der Waals surface area (Å²) in [6.07, 6.45) is 3.48. The smallest absolute Gasteiger partial charge is 0.345 e. The number of fused-ring (bicyclic) bond motifs is 1. The van der Waals surface area contributed by atoms with E-state index in [1.807, 2.05) is 6.92 Å². The van der Waals surface area contributed by atoms with E-state index in [-0.39, 0.29) is 29.8 Å². The van der Waals surface area contributed by atoms with Crippen LogP contribution in [0.2, 0.25) is 0 Å². The highest BCUT2D eigenvalue weighted by molar-refractivity contribution is 6.00. The lowest BCUT2D eigenvalue weighted by Gasteiger charge is -2.32. The van der Waals surface area contributed by atoms with Gasteiger partial charge in [0, 0.05) is 25.5 Å². The Morgan fingerprint density at radius 1 is 1.35 bits per heavy atom. The molecule has 8 nitrogen and oxygen atoms in total. The van der Waals surface area contributed by atoms with Crippen molar-refractivity contribution in [3.63, 3.8) is 0 Å². The van der Waals surface area contributed by atoms with E-state index < -0.39 is 11.5 Å². The Morgan fingerprint density at radius 2 is 2.15 bits per heavy atom. The zero-order valence-electron chi connectivity index (χ0n) is 14.8. The van der Waals surface area contributed by atoms with Gasteiger partial charge in [-0.05, 0) is 25.5 Å². The number of pyridine rings is 1. The van der Waals surface area contributed by atoms with Crippen molar-refractivity contribution in [3.8, 4) is 0 Å². The summed E-state index contributed by atoms with van der Waals surface area (Å²) in [5, 5.41) is 0. The Morgan fingerprint density at radius 3 is 2.88 bits per heavy atom. The third-order valence-electron chi connectivity index (χ3n) is 4.34. The minimum Gasteiger partial charge on any atom is -0.462 e. The van der Waals surface area contributed by atoms with Crippen molar-refractivity contribution in [1.29, 1.82) is 0 Å². The van der Waals surface area contributed by atoms with Crippen LogP contribution in [0.4, 0.5) is 0 Å². The second-order valence-electron chi connectivity index (χ2n) is 5.97. The van der Waals surface area contributed by atoms with Crippen LogP contribution in [0.5, 0.6) is 0 Å². The van der Waals surface area contributed by atoms with Crippen molar-refractivity contribution in [2.24, 2.45) is 0 Å². The van der Waals surface area contributed by atoms with E-state index in [0.29, 0.717) is 25.3 Å². The number of hydrogen-bond acceptors (Lipinski definition) is 6. The van der Waals surface area contributed by atoms with E-state index in [1.54, 1.807) is 24.0 Å². The summed E-state index contributed by atoms with van der Waals surface area (Å²) in [5.41, 5.74) is -0.185. The molecule has 0 aliphatic carbocycles. The molecule has 0 N–H and O–H groups in total. The lowest BCUT2D eigenvalue weighted by atomic mass is 10.1. The van der Waals surface area contributed by atoms with E-state index >= 15 is 0 Å². The minimum atomic E-state index is -0.727. The number of hydrogen-bond donors (Lipinski definition) is 0. The number of esters is 1. The van der Waals surface area contributed by atoms with Crippen LogP contribution in [0.3, 0.4) is 0 Å². The van der Waals surface area contributed by atoms with Gasteiger partial charge in [-0.3, -0.25) is 14.0 Å². The number of carbonyl (C=O) groups excluding carboxylic acids is 2. The molecule has 0 bridgehead atoms. The van der Waals surface area contributed by atoms with E-state index in [9.17, 15) is 14.4 Å². The van der Waals surface area contributed by atoms with Gasteiger partial charge in [-0.1, -0.05) is 6.92 Å². The minimum absolute atomic E-state index is 0.00812. The fraction of sp³-hybridized carbons (Fsp3) is 0.444. The third-order valence-corrected chi connectivity index (χ3v) is 4.34. The first-order valence-corrected chi connectivity index (χ1v) is 8.65. The summed E-state index contributed by atoms with van der Waals surface area (Å²) < 4.78 is 11.7. The van der Waals surface area contributed by atoms with Gasteiger partial charge in [0.2, 0.25) is 0 Å². The highest BCUT2D eigenvalue weighted by Crippen LogP contribution is 2.15. The SMILES string of the molecule is CCOC(=O)c1cnc2c(C(=O)N3CCOC(CC)C3)cccn2c1=O. The highest BCUT2D eigenvalue weighted by Gasteiger charge is 2.26. The zero-order valence-corrected chi connectivity index (χ0v) is 14.8. The standard InChI is InChI=1S/C18H21N3O5/c1-3-12-11-20(8-9-26-12)16(22)13-6-5-7-21-15(13)19-10-14(17(21)23)18(24)25-4-2/h5-7,10,12H,3-4,8-9,11H2,1-2H3. The molecule has 1 saturated heterocycles. The Balaban J connectivity index is 2.00. The molecule has 1 unspecified atom stereocenters. The number of aromatic nitrogens is 2. The molecule has 3 heterocycles. The molecule has 138 valence electrons. The Kier molecular flexibility index (Phi) is 5.32. The molecule has 1 fully saturated rings. The molecule has 8 heteroatoms. The van der Waals surface area contributed by atoms with Crippen molar-refractivity contribution in [3.05, 3.63) is 46.0 Å². The maximum atomic E-state index is 12.9. The lowest BCUT2D eigenvalue weighted by molar-refractivity contribution is -0.0225. The van der Waals surface area contributed by atoms with Crippen molar-refractivity contribution < 1.29 is 19.1 Å². The topological polar surface area (TPSA) is 90.2 Å². The summed E-state index contributed by atoms with van der Waals surface area (Å²) in [6, 6.07) is 3.22. The summed E-state index contributed by atoms with van der Waals surface area (Å²) in [6.45, 7) is 5.30. The van der Waals surface area contributed by atoms with Crippen LogP contribution in [0.1, 0.15) is 41.0 Å². The fourth-order valence-electron chi connectivity index (χ4n) is 2.94. The molecule has 0 spiro atoms. The molecule has 2 aromatic rings. The largest absolute Gasteiger partial charge is 0.462 e. The first-order chi connectivity index (χ1) is 12.6. The molecule has 0 radical (unpaired) electrons. The molecule has 1 aliphatic heterocycles. The number of carbonyl (C=O) groups is 2. The second-order valence-corrected chi connectivity index (χ2v) is 5.97. The molecule has 0 saturated carbocycles. The van der Waals surface area contributed by atoms with Gasteiger partial charge in [0.15, 0.2) is 5.65 Å². The molecular weight excluding hydrogens is 338 g/mol. The predicted molar refractivity (Wildman–Crippen MR) is 93.4 cm³/mol. The van der Waals surface area contributed by atoms with Gasteiger partial charge < -0.3 is 14.4 Å². The molecule has 1 aliphatic rings. The average Bonchev–Trinajstić information content (AvgIpc) is 2.67. The number of nitrogens with zero attached hydrogens (tertiary/aromatic N) is 3. The first-order valence-electron chi connectivity index (χ1n) is 8.65. The summed E-state index contributed by atoms with van der Waals surface area (Å²) >= 11 is 0. The highest BCUT2D eigenvalue weighted by atomic mass is 16.5. The number of ether oxygens (including phenoxy) is 2.